The molecule has 0 saturated carbocycles. The van der Waals surface area contributed by atoms with Crippen molar-refractivity contribution in [2.24, 2.45) is 11.3 Å². The molecule has 2 aliphatic heterocycles. The Morgan fingerprint density at radius 2 is 1.85 bits per heavy atom. The van der Waals surface area contributed by atoms with E-state index in [1.807, 2.05) is 69.6 Å². The van der Waals surface area contributed by atoms with Crippen LogP contribution in [0.25, 0.3) is 33.4 Å². The second-order valence-electron chi connectivity index (χ2n) is 18.2. The number of amides is 3. The maximum absolute atomic E-state index is 14.2. The van der Waals surface area contributed by atoms with Crippen molar-refractivity contribution >= 4 is 81.9 Å². The van der Waals surface area contributed by atoms with E-state index >= 15 is 0 Å². The van der Waals surface area contributed by atoms with Crippen molar-refractivity contribution in [2.75, 3.05) is 67.7 Å². The van der Waals surface area contributed by atoms with Gasteiger partial charge < -0.3 is 29.0 Å². The van der Waals surface area contributed by atoms with Gasteiger partial charge in [-0.1, -0.05) is 45.7 Å². The van der Waals surface area contributed by atoms with E-state index in [2.05, 4.69) is 59.8 Å². The van der Waals surface area contributed by atoms with Gasteiger partial charge in [0.05, 0.1) is 54.1 Å². The molecule has 368 valence electrons. The molecule has 2 fully saturated rings. The number of pyridine rings is 1. The number of nitrogens with one attached hydrogen (secondary N) is 1. The number of carbonyl (C=O) groups excluding carboxylic acids is 4. The van der Waals surface area contributed by atoms with Gasteiger partial charge in [0.25, 0.3) is 12.4 Å². The molecule has 6 rings (SSSR count). The van der Waals surface area contributed by atoms with E-state index in [9.17, 15) is 19.2 Å². The number of aromatic nitrogens is 3. The van der Waals surface area contributed by atoms with Crippen molar-refractivity contribution in [3.63, 3.8) is 0 Å². The molecular formula is C49H73N8O7S2Sb. The standard InChI is InChI=1S/C42H59N7O5S2.C6H11NO2.CH3.Sb/c1-11-48-35-17-16-29(21-31(35)32(23-42(5,6)25-54-26-50)38(48)30-15-14-18-43-37(30)28(4)53-10)34-24-55-36(44-34)22-33(41(52)49-20-13-12-19-47(49)9)45-40(51)39(27(2)3)56-46(7)8;1-6-4-9-3-2-7(6)5-8;;/h14-18,21,24,26-28,33,39H,11-13,19-20,22-23,25H2,1-10H3,(H,45,51);5-6H,2-4H2,1H3;1H3;. The summed E-state index contributed by atoms with van der Waals surface area (Å²) in [5.41, 5.74) is 6.52. The third-order valence-electron chi connectivity index (χ3n) is 11.9. The summed E-state index contributed by atoms with van der Waals surface area (Å²) in [4.78, 5) is 63.1. The monoisotopic (exact) mass is 1070 g/mol. The van der Waals surface area contributed by atoms with Crippen molar-refractivity contribution in [1.29, 1.82) is 0 Å². The summed E-state index contributed by atoms with van der Waals surface area (Å²) >= 11 is 4.72. The van der Waals surface area contributed by atoms with E-state index in [1.165, 1.54) is 23.3 Å². The third-order valence-corrected chi connectivity index (χ3v) is 14.1. The van der Waals surface area contributed by atoms with Crippen LogP contribution in [0.5, 0.6) is 0 Å². The third kappa shape index (κ3) is 15.0. The van der Waals surface area contributed by atoms with Crippen molar-refractivity contribution in [2.45, 2.75) is 109 Å². The number of carbonyl (C=O) groups is 4. The van der Waals surface area contributed by atoms with Crippen molar-refractivity contribution in [3.05, 3.63) is 58.2 Å². The first-order chi connectivity index (χ1) is 32.0. The molecule has 0 aliphatic carbocycles. The van der Waals surface area contributed by atoms with E-state index in [-0.39, 0.29) is 53.6 Å². The van der Waals surface area contributed by atoms with Gasteiger partial charge in [-0.05, 0) is 89.9 Å². The number of hydrogen-bond acceptors (Lipinski definition) is 13. The first-order valence-electron chi connectivity index (χ1n) is 23.1. The van der Waals surface area contributed by atoms with Crippen LogP contribution in [-0.4, -0.2) is 167 Å². The number of ether oxygens (including phenoxy) is 3. The number of hydrazine groups is 1. The summed E-state index contributed by atoms with van der Waals surface area (Å²) < 4.78 is 20.5. The zero-order valence-electron chi connectivity index (χ0n) is 41.6. The van der Waals surface area contributed by atoms with Crippen LogP contribution < -0.4 is 5.32 Å². The van der Waals surface area contributed by atoms with Gasteiger partial charge in [-0.2, -0.15) is 0 Å². The van der Waals surface area contributed by atoms with Gasteiger partial charge in [0.15, 0.2) is 0 Å². The Labute approximate surface area is 420 Å². The number of thiazole rings is 1. The normalized spacial score (nSPS) is 17.0. The van der Waals surface area contributed by atoms with Crippen molar-refractivity contribution < 1.29 is 33.4 Å². The van der Waals surface area contributed by atoms with Crippen molar-refractivity contribution in [1.82, 2.24) is 39.1 Å². The molecule has 4 aromatic rings. The molecule has 0 spiro atoms. The molecule has 1 N–H and O–H groups in total. The number of rotatable bonds is 19. The van der Waals surface area contributed by atoms with E-state index in [0.29, 0.717) is 32.7 Å². The number of aryl methyl sites for hydroxylation is 1. The fraction of sp³-hybridized carbons (Fsp3) is 0.592. The summed E-state index contributed by atoms with van der Waals surface area (Å²) in [5.74, 6) is -0.199. The molecule has 67 heavy (non-hydrogen) atoms. The Bertz CT molecular complexity index is 2220. The molecule has 1 aromatic carbocycles. The van der Waals surface area contributed by atoms with Crippen LogP contribution >= 0.6 is 23.3 Å². The van der Waals surface area contributed by atoms with E-state index in [1.54, 1.807) is 46.2 Å². The number of fused-ring (bicyclic) bond motifs is 1. The first-order valence-corrected chi connectivity index (χ1v) is 27.3. The second kappa shape index (κ2) is 27.0. The van der Waals surface area contributed by atoms with Crippen LogP contribution in [0.2, 0.25) is 4.87 Å². The molecular weight excluding hydrogens is 998 g/mol. The second-order valence-corrected chi connectivity index (χ2v) is 20.5. The summed E-state index contributed by atoms with van der Waals surface area (Å²) in [6.45, 7) is 19.4. The molecule has 3 aromatic heterocycles. The molecule has 4 unspecified atom stereocenters. The van der Waals surface area contributed by atoms with Crippen LogP contribution in [-0.2, 0) is 52.8 Å². The quantitative estimate of drug-likeness (QED) is 0.0580. The van der Waals surface area contributed by atoms with E-state index < -0.39 is 6.04 Å². The molecule has 4 atom stereocenters. The number of hydrogen-bond donors (Lipinski definition) is 1. The molecule has 0 bridgehead atoms. The van der Waals surface area contributed by atoms with Gasteiger partial charge in [-0.15, -0.1) is 11.3 Å². The van der Waals surface area contributed by atoms with Crippen LogP contribution in [0.3, 0.4) is 0 Å². The van der Waals surface area contributed by atoms with Gasteiger partial charge in [-0.25, -0.2) is 9.99 Å². The van der Waals surface area contributed by atoms with Crippen LogP contribution in [0.15, 0.2) is 41.9 Å². The summed E-state index contributed by atoms with van der Waals surface area (Å²) in [7, 11) is 7.48. The van der Waals surface area contributed by atoms with Gasteiger partial charge >= 0.3 is 27.9 Å². The Morgan fingerprint density at radius 3 is 2.46 bits per heavy atom. The SMILES string of the molecule is CC1COCCN1C=O.CCn1c(-c2cccnc2C(C)OC)c(CC(C)(C)COC=O)c2cc(-c3csc(CC(NC(=O)C(SN(C)C)C(C)C)C(=O)N4CCCCN4C)n3)ccc21.[CH3][Sb]. The van der Waals surface area contributed by atoms with E-state index in [4.69, 9.17) is 24.2 Å². The van der Waals surface area contributed by atoms with Crippen molar-refractivity contribution in [3.8, 4) is 22.5 Å². The summed E-state index contributed by atoms with van der Waals surface area (Å²) in [6, 6.07) is 10.0. The number of benzene rings is 1. The van der Waals surface area contributed by atoms with Gasteiger partial charge in [-0.3, -0.25) is 33.5 Å². The molecule has 2 radical (unpaired) electrons. The Kier molecular flexibility index (Phi) is 22.6. The maximum atomic E-state index is 14.2. The molecule has 3 amide bonds. The topological polar surface area (TPSA) is 152 Å². The average molecular weight is 1070 g/mol. The predicted molar refractivity (Wildman–Crippen MR) is 271 cm³/mol. The Morgan fingerprint density at radius 1 is 1.12 bits per heavy atom. The first kappa shape index (κ1) is 56.0. The van der Waals surface area contributed by atoms with E-state index in [0.717, 1.165) is 88.6 Å². The number of methoxy groups -OCH3 is 1. The summed E-state index contributed by atoms with van der Waals surface area (Å²) in [5, 5.41) is 10.4. The Balaban J connectivity index is 0.000000788. The minimum absolute atomic E-state index is 0.0708. The fourth-order valence-electron chi connectivity index (χ4n) is 8.36. The van der Waals surface area contributed by atoms with Gasteiger partial charge in [0.1, 0.15) is 11.3 Å². The zero-order chi connectivity index (χ0) is 49.4. The zero-order valence-corrected chi connectivity index (χ0v) is 45.8. The predicted octanol–water partition coefficient (Wildman–Crippen LogP) is 7.09. The van der Waals surface area contributed by atoms with Crippen LogP contribution in [0, 0.1) is 11.3 Å². The molecule has 2 saturated heterocycles. The number of nitrogens with zero attached hydrogens (tertiary/aromatic N) is 7. The fourth-order valence-corrected chi connectivity index (χ4v) is 10.1. The molecule has 5 heterocycles. The van der Waals surface area contributed by atoms with Crippen LogP contribution in [0.4, 0.5) is 0 Å². The Hall–Kier alpha value is -3.57. The molecule has 2 aliphatic rings. The minimum atomic E-state index is -0.764. The van der Waals surface area contributed by atoms with Crippen LogP contribution in [0.1, 0.15) is 83.7 Å². The van der Waals surface area contributed by atoms with Gasteiger partial charge in [0, 0.05) is 85.8 Å². The molecule has 15 nitrogen and oxygen atoms in total. The van der Waals surface area contributed by atoms with Gasteiger partial charge in [0.2, 0.25) is 12.3 Å². The number of morpholine rings is 1. The average Bonchev–Trinajstić information content (AvgIpc) is 3.91. The summed E-state index contributed by atoms with van der Waals surface area (Å²) in [6.07, 6.45) is 5.32. The molecule has 18 heteroatoms.